The van der Waals surface area contributed by atoms with E-state index >= 15 is 0 Å². The first kappa shape index (κ1) is 13.8. The third kappa shape index (κ3) is 2.30. The lowest BCUT2D eigenvalue weighted by molar-refractivity contribution is 1.04. The van der Waals surface area contributed by atoms with Gasteiger partial charge in [0, 0.05) is 9.35 Å². The number of fused-ring (bicyclic) bond motifs is 1. The second-order valence-electron chi connectivity index (χ2n) is 4.39. The van der Waals surface area contributed by atoms with Crippen molar-refractivity contribution in [3.05, 3.63) is 50.5 Å². The van der Waals surface area contributed by atoms with Crippen LogP contribution >= 0.6 is 38.9 Å². The zero-order valence-electron chi connectivity index (χ0n) is 10.5. The molecule has 3 rings (SSSR count). The van der Waals surface area contributed by atoms with Crippen LogP contribution in [0.5, 0.6) is 0 Å². The van der Waals surface area contributed by atoms with Gasteiger partial charge in [0.1, 0.15) is 10.7 Å². The number of hydrogen-bond acceptors (Lipinski definition) is 3. The van der Waals surface area contributed by atoms with Crippen LogP contribution in [0.25, 0.3) is 20.7 Å². The number of hydrogen-bond donors (Lipinski definition) is 1. The fourth-order valence-electron chi connectivity index (χ4n) is 2.13. The lowest BCUT2D eigenvalue weighted by atomic mass is 10.1. The molecule has 102 valence electrons. The van der Waals surface area contributed by atoms with Gasteiger partial charge >= 0.3 is 0 Å². The molecule has 2 aromatic heterocycles. The molecule has 0 aliphatic rings. The summed E-state index contributed by atoms with van der Waals surface area (Å²) in [6.45, 7) is 1.95. The molecule has 0 saturated heterocycles. The van der Waals surface area contributed by atoms with E-state index in [1.807, 2.05) is 31.2 Å². The van der Waals surface area contributed by atoms with E-state index in [9.17, 15) is 4.79 Å². The van der Waals surface area contributed by atoms with Gasteiger partial charge in [0.15, 0.2) is 0 Å². The zero-order chi connectivity index (χ0) is 14.3. The minimum Gasteiger partial charge on any atom is -0.309 e. The van der Waals surface area contributed by atoms with Crippen LogP contribution in [0.3, 0.4) is 0 Å². The van der Waals surface area contributed by atoms with Crippen molar-refractivity contribution in [1.29, 1.82) is 0 Å². The Balaban J connectivity index is 2.28. The van der Waals surface area contributed by atoms with Crippen molar-refractivity contribution in [2.75, 3.05) is 0 Å². The Labute approximate surface area is 132 Å². The third-order valence-corrected chi connectivity index (χ3v) is 5.10. The highest BCUT2D eigenvalue weighted by atomic mass is 79.9. The van der Waals surface area contributed by atoms with Gasteiger partial charge in [0.05, 0.1) is 11.3 Å². The van der Waals surface area contributed by atoms with Gasteiger partial charge in [-0.25, -0.2) is 4.98 Å². The molecule has 0 unspecified atom stereocenters. The van der Waals surface area contributed by atoms with E-state index < -0.39 is 0 Å². The first-order chi connectivity index (χ1) is 9.60. The standard InChI is InChI=1S/C14H10BrClN2OS/c1-7-11-13(19)17-10(6-16)18-14(11)20-12(7)8-2-4-9(15)5-3-8/h2-5H,6H2,1H3,(H,17,18,19). The maximum atomic E-state index is 12.1. The van der Waals surface area contributed by atoms with Gasteiger partial charge in [0.25, 0.3) is 5.56 Å². The summed E-state index contributed by atoms with van der Waals surface area (Å²) < 4.78 is 1.03. The SMILES string of the molecule is Cc1c(-c2ccc(Br)cc2)sc2nc(CCl)[nH]c(=O)c12. The average molecular weight is 370 g/mol. The zero-order valence-corrected chi connectivity index (χ0v) is 13.7. The second kappa shape index (κ2) is 5.31. The van der Waals surface area contributed by atoms with Crippen molar-refractivity contribution in [1.82, 2.24) is 9.97 Å². The number of H-pyrrole nitrogens is 1. The predicted molar refractivity (Wildman–Crippen MR) is 87.7 cm³/mol. The summed E-state index contributed by atoms with van der Waals surface area (Å²) in [4.78, 5) is 21.0. The number of aromatic nitrogens is 2. The van der Waals surface area contributed by atoms with Crippen LogP contribution in [0, 0.1) is 6.92 Å². The van der Waals surface area contributed by atoms with E-state index in [0.29, 0.717) is 11.2 Å². The average Bonchev–Trinajstić information content (AvgIpc) is 2.77. The van der Waals surface area contributed by atoms with E-state index in [1.54, 1.807) is 0 Å². The topological polar surface area (TPSA) is 45.8 Å². The van der Waals surface area contributed by atoms with Crippen molar-refractivity contribution < 1.29 is 0 Å². The van der Waals surface area contributed by atoms with Crippen molar-refractivity contribution in [3.63, 3.8) is 0 Å². The van der Waals surface area contributed by atoms with Crippen molar-refractivity contribution in [2.45, 2.75) is 12.8 Å². The van der Waals surface area contributed by atoms with Crippen LogP contribution in [0.15, 0.2) is 33.5 Å². The highest BCUT2D eigenvalue weighted by molar-refractivity contribution is 9.10. The fraction of sp³-hybridized carbons (Fsp3) is 0.143. The number of alkyl halides is 1. The van der Waals surface area contributed by atoms with Crippen LogP contribution in [0.2, 0.25) is 0 Å². The van der Waals surface area contributed by atoms with Crippen LogP contribution in [-0.2, 0) is 5.88 Å². The van der Waals surface area contributed by atoms with Crippen LogP contribution in [0.4, 0.5) is 0 Å². The Morgan fingerprint density at radius 2 is 2.05 bits per heavy atom. The van der Waals surface area contributed by atoms with E-state index in [-0.39, 0.29) is 11.4 Å². The minimum atomic E-state index is -0.122. The normalized spacial score (nSPS) is 11.2. The van der Waals surface area contributed by atoms with E-state index in [0.717, 1.165) is 25.3 Å². The molecule has 0 aliphatic heterocycles. The smallest absolute Gasteiger partial charge is 0.259 e. The first-order valence-electron chi connectivity index (χ1n) is 5.94. The molecular formula is C14H10BrClN2OS. The van der Waals surface area contributed by atoms with Crippen molar-refractivity contribution in [3.8, 4) is 10.4 Å². The molecule has 0 atom stereocenters. The number of nitrogens with zero attached hydrogens (tertiary/aromatic N) is 1. The van der Waals surface area contributed by atoms with Crippen LogP contribution in [0.1, 0.15) is 11.4 Å². The molecule has 1 N–H and O–H groups in total. The molecule has 0 aliphatic carbocycles. The largest absolute Gasteiger partial charge is 0.309 e. The van der Waals surface area contributed by atoms with Gasteiger partial charge in [0.2, 0.25) is 0 Å². The molecular weight excluding hydrogens is 360 g/mol. The summed E-state index contributed by atoms with van der Waals surface area (Å²) in [5.41, 5.74) is 1.92. The number of aryl methyl sites for hydroxylation is 1. The summed E-state index contributed by atoms with van der Waals surface area (Å²) in [5, 5.41) is 0.654. The van der Waals surface area contributed by atoms with Gasteiger partial charge in [-0.3, -0.25) is 4.79 Å². The molecule has 0 bridgehead atoms. The van der Waals surface area contributed by atoms with Crippen LogP contribution in [-0.4, -0.2) is 9.97 Å². The Kier molecular flexibility index (Phi) is 3.67. The minimum absolute atomic E-state index is 0.122. The van der Waals surface area contributed by atoms with Crippen molar-refractivity contribution in [2.24, 2.45) is 0 Å². The lowest BCUT2D eigenvalue weighted by Crippen LogP contribution is -2.10. The monoisotopic (exact) mass is 368 g/mol. The Hall–Kier alpha value is -1.17. The molecule has 2 heterocycles. The summed E-state index contributed by atoms with van der Waals surface area (Å²) in [7, 11) is 0. The predicted octanol–water partition coefficient (Wildman–Crippen LogP) is 4.46. The Bertz CT molecular complexity index is 839. The van der Waals surface area contributed by atoms with Gasteiger partial charge in [-0.05, 0) is 30.2 Å². The number of thiophene rings is 1. The first-order valence-corrected chi connectivity index (χ1v) is 8.08. The highest BCUT2D eigenvalue weighted by Gasteiger charge is 2.15. The van der Waals surface area contributed by atoms with E-state index in [1.165, 1.54) is 11.3 Å². The third-order valence-electron chi connectivity index (χ3n) is 3.08. The molecule has 0 saturated carbocycles. The number of aromatic amines is 1. The Morgan fingerprint density at radius 3 is 2.70 bits per heavy atom. The molecule has 6 heteroatoms. The molecule has 3 aromatic rings. The molecule has 0 spiro atoms. The fourth-order valence-corrected chi connectivity index (χ4v) is 3.73. The summed E-state index contributed by atoms with van der Waals surface area (Å²) >= 11 is 10.7. The summed E-state index contributed by atoms with van der Waals surface area (Å²) in [6.07, 6.45) is 0. The summed E-state index contributed by atoms with van der Waals surface area (Å²) in [6, 6.07) is 8.03. The quantitative estimate of drug-likeness (QED) is 0.678. The summed E-state index contributed by atoms with van der Waals surface area (Å²) in [5.74, 6) is 0.711. The molecule has 0 fully saturated rings. The van der Waals surface area contributed by atoms with Crippen LogP contribution < -0.4 is 5.56 Å². The second-order valence-corrected chi connectivity index (χ2v) is 6.57. The van der Waals surface area contributed by atoms with Crippen molar-refractivity contribution >= 4 is 49.1 Å². The molecule has 0 amide bonds. The van der Waals surface area contributed by atoms with E-state index in [4.69, 9.17) is 11.6 Å². The number of halogens is 2. The number of rotatable bonds is 2. The maximum Gasteiger partial charge on any atom is 0.259 e. The van der Waals surface area contributed by atoms with Gasteiger partial charge in [-0.1, -0.05) is 28.1 Å². The molecule has 0 radical (unpaired) electrons. The lowest BCUT2D eigenvalue weighted by Gasteiger charge is -1.99. The molecule has 1 aromatic carbocycles. The van der Waals surface area contributed by atoms with E-state index in [2.05, 4.69) is 25.9 Å². The maximum absolute atomic E-state index is 12.1. The Morgan fingerprint density at radius 1 is 1.35 bits per heavy atom. The molecule has 20 heavy (non-hydrogen) atoms. The van der Waals surface area contributed by atoms with Gasteiger partial charge < -0.3 is 4.98 Å². The highest BCUT2D eigenvalue weighted by Crippen LogP contribution is 2.36. The number of benzene rings is 1. The number of nitrogens with one attached hydrogen (secondary N) is 1. The molecule has 3 nitrogen and oxygen atoms in total. The van der Waals surface area contributed by atoms with Gasteiger partial charge in [-0.2, -0.15) is 0 Å². The van der Waals surface area contributed by atoms with Gasteiger partial charge in [-0.15, -0.1) is 22.9 Å².